The van der Waals surface area contributed by atoms with E-state index in [1.165, 1.54) is 198 Å². The Hall–Kier alpha value is -1.03. The lowest BCUT2D eigenvalue weighted by Gasteiger charge is -2.30. The van der Waals surface area contributed by atoms with E-state index in [1.54, 1.807) is 0 Å². The van der Waals surface area contributed by atoms with Gasteiger partial charge in [-0.1, -0.05) is 194 Å². The molecule has 1 aliphatic rings. The zero-order valence-corrected chi connectivity index (χ0v) is 35.8. The number of likely N-dealkylation sites (N-methyl/N-ethyl adjacent to an activating group) is 1. The van der Waals surface area contributed by atoms with Crippen LogP contribution in [0.5, 0.6) is 0 Å². The van der Waals surface area contributed by atoms with Crippen LogP contribution in [0.4, 0.5) is 0 Å². The van der Waals surface area contributed by atoms with Crippen LogP contribution in [0.2, 0.25) is 0 Å². The molecule has 1 aliphatic heterocycles. The smallest absolute Gasteiger partial charge is 0.219 e. The van der Waals surface area contributed by atoms with Crippen LogP contribution in [0.15, 0.2) is 4.99 Å². The van der Waals surface area contributed by atoms with E-state index in [0.29, 0.717) is 6.42 Å². The first-order chi connectivity index (χ1) is 25.2. The monoisotopic (exact) mass is 758 g/mol. The number of amidine groups is 1. The number of carbonyl (C=O) groups excluding carboxylic acids is 1. The van der Waals surface area contributed by atoms with Crippen LogP contribution in [0, 0.1) is 0 Å². The van der Waals surface area contributed by atoms with Gasteiger partial charge in [-0.25, -0.2) is 13.4 Å². The van der Waals surface area contributed by atoms with Crippen molar-refractivity contribution in [2.24, 2.45) is 4.99 Å². The Kier molecular flexibility index (Phi) is 36.2. The van der Waals surface area contributed by atoms with Gasteiger partial charge in [-0.15, -0.1) is 0 Å². The summed E-state index contributed by atoms with van der Waals surface area (Å²) in [6, 6.07) is 0. The van der Waals surface area contributed by atoms with Crippen LogP contribution >= 0.6 is 0 Å². The molecule has 52 heavy (non-hydrogen) atoms. The third-order valence-electron chi connectivity index (χ3n) is 10.9. The minimum atomic E-state index is -4.41. The number of hydrogen-bond acceptors (Lipinski definition) is 6. The second kappa shape index (κ2) is 36.9. The molecule has 1 amide bonds. The van der Waals surface area contributed by atoms with E-state index in [0.717, 1.165) is 50.6 Å². The van der Waals surface area contributed by atoms with Crippen LogP contribution in [-0.4, -0.2) is 69.5 Å². The van der Waals surface area contributed by atoms with Crippen molar-refractivity contribution in [1.29, 1.82) is 0 Å². The molecule has 0 fully saturated rings. The van der Waals surface area contributed by atoms with Crippen molar-refractivity contribution < 1.29 is 26.4 Å². The molecule has 1 rings (SSSR count). The van der Waals surface area contributed by atoms with E-state index in [4.69, 9.17) is 4.99 Å². The van der Waals surface area contributed by atoms with Gasteiger partial charge in [0.2, 0.25) is 16.3 Å². The Morgan fingerprint density at radius 3 is 1.35 bits per heavy atom. The molecule has 8 nitrogen and oxygen atoms in total. The number of aliphatic imine (C=N–C) groups is 1. The first-order valence-corrected chi connectivity index (χ1v) is 23.7. The lowest BCUT2D eigenvalue weighted by molar-refractivity contribution is -0.815. The first-order valence-electron chi connectivity index (χ1n) is 22.3. The van der Waals surface area contributed by atoms with Gasteiger partial charge in [-0.2, -0.15) is 0 Å². The Morgan fingerprint density at radius 2 is 0.981 bits per heavy atom. The number of amides is 1. The van der Waals surface area contributed by atoms with E-state index < -0.39 is 10.4 Å². The van der Waals surface area contributed by atoms with Crippen LogP contribution in [-0.2, 0) is 19.4 Å². The summed E-state index contributed by atoms with van der Waals surface area (Å²) in [5.41, 5.74) is 0. The van der Waals surface area contributed by atoms with Gasteiger partial charge in [0.05, 0.1) is 27.2 Å². The molecule has 1 heterocycles. The number of rotatable bonds is 37. The van der Waals surface area contributed by atoms with Crippen LogP contribution in [0.25, 0.3) is 0 Å². The number of hydrogen-bond donors (Lipinski definition) is 1. The minimum absolute atomic E-state index is 0.255. The van der Waals surface area contributed by atoms with Crippen LogP contribution < -0.4 is 5.32 Å². The van der Waals surface area contributed by atoms with Crippen molar-refractivity contribution in [2.75, 3.05) is 40.3 Å². The van der Waals surface area contributed by atoms with Gasteiger partial charge >= 0.3 is 0 Å². The third kappa shape index (κ3) is 34.7. The number of unbranched alkanes of at least 4 members (excludes halogenated alkanes) is 28. The number of nitrogens with zero attached hydrogens (tertiary/aromatic N) is 2. The highest BCUT2D eigenvalue weighted by Gasteiger charge is 2.32. The molecule has 0 aromatic heterocycles. The maximum atomic E-state index is 12.3. The van der Waals surface area contributed by atoms with E-state index in [9.17, 15) is 17.8 Å². The molecule has 0 bridgehead atoms. The summed E-state index contributed by atoms with van der Waals surface area (Å²) in [4.78, 5) is 17.3. The van der Waals surface area contributed by atoms with Gasteiger partial charge in [-0.3, -0.25) is 13.5 Å². The molecule has 0 aromatic carbocycles. The Bertz CT molecular complexity index is 930. The number of quaternary nitrogens is 1. The normalized spacial score (nSPS) is 15.8. The highest BCUT2D eigenvalue weighted by atomic mass is 32.3. The summed E-state index contributed by atoms with van der Waals surface area (Å²) in [6.45, 7) is 8.64. The fourth-order valence-corrected chi connectivity index (χ4v) is 7.34. The summed E-state index contributed by atoms with van der Waals surface area (Å²) in [5, 5.41) is 3.20. The Balaban J connectivity index is 0.00000397. The minimum Gasteiger partial charge on any atom is -0.726 e. The fraction of sp³-hybridized carbons (Fsp3) is 0.953. The second-order valence-corrected chi connectivity index (χ2v) is 17.0. The molecule has 0 aromatic rings. The molecule has 0 saturated carbocycles. The molecule has 310 valence electrons. The lowest BCUT2D eigenvalue weighted by Crippen LogP contribution is -2.48. The Morgan fingerprint density at radius 1 is 0.635 bits per heavy atom. The highest BCUT2D eigenvalue weighted by molar-refractivity contribution is 7.80. The van der Waals surface area contributed by atoms with Crippen molar-refractivity contribution in [3.63, 3.8) is 0 Å². The average Bonchev–Trinajstić information content (AvgIpc) is 3.49. The number of carbonyl (C=O) groups is 1. The summed E-state index contributed by atoms with van der Waals surface area (Å²) in [7, 11) is -1.23. The zero-order valence-electron chi connectivity index (χ0n) is 35.0. The van der Waals surface area contributed by atoms with Gasteiger partial charge in [0.1, 0.15) is 6.54 Å². The first kappa shape index (κ1) is 51.0. The highest BCUT2D eigenvalue weighted by Crippen LogP contribution is 2.19. The van der Waals surface area contributed by atoms with E-state index >= 15 is 0 Å². The van der Waals surface area contributed by atoms with Gasteiger partial charge in [-0.05, 0) is 12.8 Å². The maximum absolute atomic E-state index is 12.3. The van der Waals surface area contributed by atoms with Gasteiger partial charge < -0.3 is 9.87 Å². The van der Waals surface area contributed by atoms with Crippen molar-refractivity contribution in [3.8, 4) is 0 Å². The van der Waals surface area contributed by atoms with E-state index in [-0.39, 0.29) is 5.91 Å². The van der Waals surface area contributed by atoms with Crippen molar-refractivity contribution in [2.45, 2.75) is 226 Å². The maximum Gasteiger partial charge on any atom is 0.219 e. The fourth-order valence-electron chi connectivity index (χ4n) is 7.34. The molecule has 0 saturated heterocycles. The topological polar surface area (TPSA) is 108 Å². The zero-order chi connectivity index (χ0) is 38.4. The SMILES string of the molecule is CCCCCCCCCCCCCCCCCC(=O)NCCC[N+]1(C)CCN=C1CCCCCCCCCCCCCCCCC.COS(=O)(=O)[O-]. The predicted molar refractivity (Wildman–Crippen MR) is 222 cm³/mol. The molecule has 0 aliphatic carbocycles. The third-order valence-corrected chi connectivity index (χ3v) is 11.3. The quantitative estimate of drug-likeness (QED) is 0.0294. The summed E-state index contributed by atoms with van der Waals surface area (Å²) >= 11 is 0. The summed E-state index contributed by atoms with van der Waals surface area (Å²) < 4.78 is 32.0. The van der Waals surface area contributed by atoms with Gasteiger partial charge in [0.15, 0.2) is 5.84 Å². The van der Waals surface area contributed by atoms with Crippen LogP contribution in [0.1, 0.15) is 226 Å². The molecule has 1 N–H and O–H groups in total. The Labute approximate surface area is 324 Å². The molecule has 0 radical (unpaired) electrons. The van der Waals surface area contributed by atoms with E-state index in [2.05, 4.69) is 30.4 Å². The van der Waals surface area contributed by atoms with Crippen molar-refractivity contribution >= 4 is 22.1 Å². The number of nitrogens with one attached hydrogen (secondary N) is 1. The van der Waals surface area contributed by atoms with E-state index in [1.807, 2.05) is 0 Å². The van der Waals surface area contributed by atoms with Gasteiger partial charge in [0, 0.05) is 25.8 Å². The molecule has 1 unspecified atom stereocenters. The lowest BCUT2D eigenvalue weighted by atomic mass is 10.0. The summed E-state index contributed by atoms with van der Waals surface area (Å²) in [6.07, 6.45) is 44.7. The van der Waals surface area contributed by atoms with Crippen LogP contribution in [0.3, 0.4) is 0 Å². The van der Waals surface area contributed by atoms with Gasteiger partial charge in [0.25, 0.3) is 0 Å². The standard InChI is InChI=1S/C42H83N3O.CH4O4S/c1-4-6-8-10-12-14-16-18-20-22-24-26-28-30-32-35-41-43-38-40-45(41,3)39-34-37-44-42(46)36-33-31-29-27-25-23-21-19-17-15-13-11-9-7-5-2;1-5-6(2,3)4/h4-40H2,1-3H3;1H3,(H,2,3,4). The molecular weight excluding hydrogens is 671 g/mol. The molecule has 1 atom stereocenters. The molecular formula is C43H87N3O5S. The molecule has 0 spiro atoms. The van der Waals surface area contributed by atoms with Crippen molar-refractivity contribution in [1.82, 2.24) is 5.32 Å². The second-order valence-electron chi connectivity index (χ2n) is 15.8. The predicted octanol–water partition coefficient (Wildman–Crippen LogP) is 12.0. The molecule has 9 heteroatoms. The average molecular weight is 758 g/mol. The summed E-state index contributed by atoms with van der Waals surface area (Å²) in [5.74, 6) is 1.67. The largest absolute Gasteiger partial charge is 0.726 e. The van der Waals surface area contributed by atoms with Crippen molar-refractivity contribution in [3.05, 3.63) is 0 Å².